The van der Waals surface area contributed by atoms with E-state index in [1.807, 2.05) is 6.92 Å². The molecule has 3 rings (SSSR count). The zero-order valence-electron chi connectivity index (χ0n) is 14.3. The Bertz CT molecular complexity index is 859. The van der Waals surface area contributed by atoms with Crippen molar-refractivity contribution >= 4 is 33.0 Å². The van der Waals surface area contributed by atoms with Crippen LogP contribution in [0.3, 0.4) is 0 Å². The molecule has 7 nitrogen and oxygen atoms in total. The Morgan fingerprint density at radius 3 is 2.73 bits per heavy atom. The fraction of sp³-hybridized carbons (Fsp3) is 0.353. The van der Waals surface area contributed by atoms with E-state index in [1.165, 1.54) is 27.8 Å². The van der Waals surface area contributed by atoms with Crippen molar-refractivity contribution in [1.29, 1.82) is 0 Å². The third kappa shape index (κ3) is 4.07. The van der Waals surface area contributed by atoms with E-state index in [0.29, 0.717) is 49.2 Å². The molecule has 0 spiro atoms. The zero-order chi connectivity index (χ0) is 18.6. The Balaban J connectivity index is 1.91. The lowest BCUT2D eigenvalue weighted by Crippen LogP contribution is -2.40. The summed E-state index contributed by atoms with van der Waals surface area (Å²) in [4.78, 5) is 13.0. The number of rotatable bonds is 6. The molecule has 1 saturated heterocycles. The van der Waals surface area contributed by atoms with Crippen LogP contribution in [0, 0.1) is 0 Å². The number of thiophene rings is 1. The number of hydrogen-bond acceptors (Lipinski definition) is 6. The van der Waals surface area contributed by atoms with Crippen molar-refractivity contribution in [3.8, 4) is 5.75 Å². The van der Waals surface area contributed by atoms with E-state index in [9.17, 15) is 13.2 Å². The second-order valence-corrected chi connectivity index (χ2v) is 8.42. The Morgan fingerprint density at radius 1 is 1.31 bits per heavy atom. The summed E-state index contributed by atoms with van der Waals surface area (Å²) in [6.07, 6.45) is 0. The molecule has 0 bridgehead atoms. The van der Waals surface area contributed by atoms with Crippen LogP contribution in [0.5, 0.6) is 5.75 Å². The van der Waals surface area contributed by atoms with Crippen LogP contribution in [0.1, 0.15) is 16.6 Å². The van der Waals surface area contributed by atoms with E-state index < -0.39 is 10.0 Å². The lowest BCUT2D eigenvalue weighted by atomic mass is 10.3. The first kappa shape index (κ1) is 18.8. The number of anilines is 1. The van der Waals surface area contributed by atoms with Crippen molar-refractivity contribution in [2.24, 2.45) is 0 Å². The number of nitrogens with zero attached hydrogens (tertiary/aromatic N) is 1. The maximum atomic E-state index is 12.8. The minimum Gasteiger partial charge on any atom is -0.492 e. The molecule has 2 aromatic rings. The van der Waals surface area contributed by atoms with Crippen molar-refractivity contribution in [2.75, 3.05) is 38.2 Å². The number of sulfonamides is 1. The SMILES string of the molecule is CCOc1ccc(S(=O)(=O)N2CCOCC2)cc1NC(=O)c1cccs1. The number of morpholine rings is 1. The Morgan fingerprint density at radius 2 is 2.08 bits per heavy atom. The summed E-state index contributed by atoms with van der Waals surface area (Å²) in [5, 5.41) is 4.56. The monoisotopic (exact) mass is 396 g/mol. The number of amides is 1. The van der Waals surface area contributed by atoms with Gasteiger partial charge < -0.3 is 14.8 Å². The minimum absolute atomic E-state index is 0.115. The lowest BCUT2D eigenvalue weighted by molar-refractivity contribution is 0.0730. The van der Waals surface area contributed by atoms with E-state index in [-0.39, 0.29) is 10.8 Å². The van der Waals surface area contributed by atoms with Crippen LogP contribution in [0.25, 0.3) is 0 Å². The maximum absolute atomic E-state index is 12.8. The normalized spacial score (nSPS) is 15.6. The van der Waals surface area contributed by atoms with Gasteiger partial charge in [0.15, 0.2) is 0 Å². The number of benzene rings is 1. The Kier molecular flexibility index (Phi) is 5.92. The third-order valence-electron chi connectivity index (χ3n) is 3.85. The lowest BCUT2D eigenvalue weighted by Gasteiger charge is -2.26. The second kappa shape index (κ2) is 8.17. The summed E-state index contributed by atoms with van der Waals surface area (Å²) < 4.78 is 37.8. The molecule has 2 heterocycles. The highest BCUT2D eigenvalue weighted by Gasteiger charge is 2.27. The van der Waals surface area contributed by atoms with Crippen molar-refractivity contribution in [2.45, 2.75) is 11.8 Å². The Hall–Kier alpha value is -1.94. The summed E-state index contributed by atoms with van der Waals surface area (Å²) in [6.45, 7) is 3.59. The number of carbonyl (C=O) groups excluding carboxylic acids is 1. The largest absolute Gasteiger partial charge is 0.492 e. The molecule has 0 radical (unpaired) electrons. The van der Waals surface area contributed by atoms with Gasteiger partial charge in [0, 0.05) is 13.1 Å². The van der Waals surface area contributed by atoms with Crippen LogP contribution in [0.2, 0.25) is 0 Å². The van der Waals surface area contributed by atoms with Crippen LogP contribution in [-0.2, 0) is 14.8 Å². The summed E-state index contributed by atoms with van der Waals surface area (Å²) in [7, 11) is -3.66. The number of hydrogen-bond donors (Lipinski definition) is 1. The standard InChI is InChI=1S/C17H20N2O5S2/c1-2-24-15-6-5-13(26(21,22)19-7-9-23-10-8-19)12-14(15)18-17(20)16-4-3-11-25-16/h3-6,11-12H,2,7-10H2,1H3,(H,18,20). The average molecular weight is 396 g/mol. The van der Waals surface area contributed by atoms with E-state index in [0.717, 1.165) is 0 Å². The van der Waals surface area contributed by atoms with E-state index in [1.54, 1.807) is 23.6 Å². The van der Waals surface area contributed by atoms with Crippen LogP contribution >= 0.6 is 11.3 Å². The van der Waals surface area contributed by atoms with Crippen LogP contribution < -0.4 is 10.1 Å². The molecule has 140 valence electrons. The highest BCUT2D eigenvalue weighted by atomic mass is 32.2. The van der Waals surface area contributed by atoms with Gasteiger partial charge in [0.2, 0.25) is 10.0 Å². The number of ether oxygens (including phenoxy) is 2. The molecule has 1 aromatic heterocycles. The maximum Gasteiger partial charge on any atom is 0.265 e. The Labute approximate surface area is 156 Å². The van der Waals surface area contributed by atoms with Gasteiger partial charge in [-0.1, -0.05) is 6.07 Å². The average Bonchev–Trinajstić information content (AvgIpc) is 3.19. The molecule has 0 unspecified atom stereocenters. The first-order valence-corrected chi connectivity index (χ1v) is 10.5. The quantitative estimate of drug-likeness (QED) is 0.811. The fourth-order valence-electron chi connectivity index (χ4n) is 2.58. The first-order chi connectivity index (χ1) is 12.5. The molecule has 1 aliphatic rings. The number of carbonyl (C=O) groups is 1. The fourth-order valence-corrected chi connectivity index (χ4v) is 4.63. The molecule has 1 aliphatic heterocycles. The molecule has 26 heavy (non-hydrogen) atoms. The van der Waals surface area contributed by atoms with Gasteiger partial charge >= 0.3 is 0 Å². The van der Waals surface area contributed by atoms with Crippen molar-refractivity contribution in [1.82, 2.24) is 4.31 Å². The van der Waals surface area contributed by atoms with Crippen LogP contribution in [0.4, 0.5) is 5.69 Å². The summed E-state index contributed by atoms with van der Waals surface area (Å²) in [5.41, 5.74) is 0.333. The van der Waals surface area contributed by atoms with E-state index in [2.05, 4.69) is 5.32 Å². The molecule has 1 N–H and O–H groups in total. The van der Waals surface area contributed by atoms with E-state index >= 15 is 0 Å². The smallest absolute Gasteiger partial charge is 0.265 e. The molecular formula is C17H20N2O5S2. The van der Waals surface area contributed by atoms with E-state index in [4.69, 9.17) is 9.47 Å². The third-order valence-corrected chi connectivity index (χ3v) is 6.62. The van der Waals surface area contributed by atoms with Gasteiger partial charge in [-0.25, -0.2) is 8.42 Å². The van der Waals surface area contributed by atoms with Crippen molar-refractivity contribution < 1.29 is 22.7 Å². The predicted octanol–water partition coefficient (Wildman–Crippen LogP) is 2.42. The molecule has 0 aliphatic carbocycles. The zero-order valence-corrected chi connectivity index (χ0v) is 15.9. The van der Waals surface area contributed by atoms with Gasteiger partial charge in [-0.2, -0.15) is 4.31 Å². The highest BCUT2D eigenvalue weighted by Crippen LogP contribution is 2.30. The first-order valence-electron chi connectivity index (χ1n) is 8.22. The van der Waals surface area contributed by atoms with Gasteiger partial charge in [-0.15, -0.1) is 11.3 Å². The summed E-state index contributed by atoms with van der Waals surface area (Å²) in [6, 6.07) is 8.00. The minimum atomic E-state index is -3.66. The molecule has 1 aromatic carbocycles. The topological polar surface area (TPSA) is 84.9 Å². The molecular weight excluding hydrogens is 376 g/mol. The van der Waals surface area contributed by atoms with Gasteiger partial charge in [0.05, 0.1) is 35.3 Å². The van der Waals surface area contributed by atoms with Gasteiger partial charge in [0.1, 0.15) is 5.75 Å². The second-order valence-electron chi connectivity index (χ2n) is 5.54. The van der Waals surface area contributed by atoms with Crippen LogP contribution in [-0.4, -0.2) is 51.5 Å². The molecule has 0 saturated carbocycles. The summed E-state index contributed by atoms with van der Waals surface area (Å²) >= 11 is 1.31. The predicted molar refractivity (Wildman–Crippen MR) is 99.5 cm³/mol. The van der Waals surface area contributed by atoms with Crippen molar-refractivity contribution in [3.63, 3.8) is 0 Å². The molecule has 9 heteroatoms. The molecule has 1 amide bonds. The number of nitrogens with one attached hydrogen (secondary N) is 1. The van der Waals surface area contributed by atoms with Gasteiger partial charge in [-0.05, 0) is 36.6 Å². The highest BCUT2D eigenvalue weighted by molar-refractivity contribution is 7.89. The van der Waals surface area contributed by atoms with Crippen molar-refractivity contribution in [3.05, 3.63) is 40.6 Å². The molecule has 1 fully saturated rings. The van der Waals surface area contributed by atoms with Crippen LogP contribution in [0.15, 0.2) is 40.6 Å². The summed E-state index contributed by atoms with van der Waals surface area (Å²) in [5.74, 6) is 0.125. The molecule has 0 atom stereocenters. The van der Waals surface area contributed by atoms with Gasteiger partial charge in [0.25, 0.3) is 5.91 Å². The van der Waals surface area contributed by atoms with Gasteiger partial charge in [-0.3, -0.25) is 4.79 Å².